The highest BCUT2D eigenvalue weighted by atomic mass is 32.2. The Morgan fingerprint density at radius 2 is 1.71 bits per heavy atom. The van der Waals surface area contributed by atoms with E-state index in [1.807, 2.05) is 0 Å². The minimum Gasteiger partial charge on any atom is -0.494 e. The molecule has 1 unspecified atom stereocenters. The SMILES string of the molecule is COC(=O)Nc1ccc(S(=O)(=O)C(C)C)c(C2CCCN2C(=O)[C@H](Nc2cc(C(N)=O)ccc2F)c2ccc(F)c(OC)c2)c1. The zero-order chi connectivity index (χ0) is 33.1. The van der Waals surface area contributed by atoms with E-state index in [9.17, 15) is 27.2 Å². The second-order valence-corrected chi connectivity index (χ2v) is 13.2. The van der Waals surface area contributed by atoms with Crippen molar-refractivity contribution in [1.82, 2.24) is 4.90 Å². The van der Waals surface area contributed by atoms with E-state index < -0.39 is 56.7 Å². The van der Waals surface area contributed by atoms with Crippen LogP contribution >= 0.6 is 0 Å². The van der Waals surface area contributed by atoms with Gasteiger partial charge in [-0.15, -0.1) is 0 Å². The summed E-state index contributed by atoms with van der Waals surface area (Å²) in [5, 5.41) is 4.58. The van der Waals surface area contributed by atoms with Crippen molar-refractivity contribution in [2.45, 2.75) is 48.9 Å². The third-order valence-corrected chi connectivity index (χ3v) is 9.80. The Balaban J connectivity index is 1.84. The number of primary amides is 1. The number of sulfone groups is 1. The molecule has 1 saturated heterocycles. The third-order valence-electron chi connectivity index (χ3n) is 7.57. The summed E-state index contributed by atoms with van der Waals surface area (Å²) < 4.78 is 66.1. The second kappa shape index (κ2) is 13.5. The van der Waals surface area contributed by atoms with Crippen LogP contribution in [0, 0.1) is 11.6 Å². The molecule has 4 N–H and O–H groups in total. The molecule has 3 aromatic carbocycles. The van der Waals surface area contributed by atoms with Gasteiger partial charge in [-0.2, -0.15) is 0 Å². The van der Waals surface area contributed by atoms with Gasteiger partial charge in [0, 0.05) is 17.8 Å². The smallest absolute Gasteiger partial charge is 0.411 e. The van der Waals surface area contributed by atoms with Crippen LogP contribution in [-0.2, 0) is 19.4 Å². The van der Waals surface area contributed by atoms with Gasteiger partial charge in [-0.25, -0.2) is 22.0 Å². The molecule has 2 atom stereocenters. The number of hydrogen-bond acceptors (Lipinski definition) is 8. The van der Waals surface area contributed by atoms with Gasteiger partial charge in [0.05, 0.1) is 36.1 Å². The zero-order valence-corrected chi connectivity index (χ0v) is 25.9. The molecule has 0 spiro atoms. The fraction of sp³-hybridized carbons (Fsp3) is 0.323. The number of halogens is 2. The van der Waals surface area contributed by atoms with Crippen LogP contribution in [0.5, 0.6) is 5.75 Å². The summed E-state index contributed by atoms with van der Waals surface area (Å²) in [7, 11) is -1.41. The van der Waals surface area contributed by atoms with Crippen molar-refractivity contribution < 1.29 is 41.1 Å². The number of methoxy groups -OCH3 is 2. The molecule has 0 bridgehead atoms. The number of anilines is 2. The highest BCUT2D eigenvalue weighted by molar-refractivity contribution is 7.92. The average Bonchev–Trinajstić information content (AvgIpc) is 3.50. The maximum absolute atomic E-state index is 15.0. The summed E-state index contributed by atoms with van der Waals surface area (Å²) in [5.74, 6) is -3.04. The third kappa shape index (κ3) is 7.00. The van der Waals surface area contributed by atoms with Crippen LogP contribution < -0.4 is 21.1 Å². The van der Waals surface area contributed by atoms with Gasteiger partial charge in [-0.1, -0.05) is 6.07 Å². The van der Waals surface area contributed by atoms with Crippen LogP contribution in [0.1, 0.15) is 60.3 Å². The van der Waals surface area contributed by atoms with Gasteiger partial charge < -0.3 is 25.4 Å². The Hall–Kier alpha value is -4.72. The molecule has 45 heavy (non-hydrogen) atoms. The summed E-state index contributed by atoms with van der Waals surface area (Å²) in [6.45, 7) is 3.28. The predicted octanol–water partition coefficient (Wildman–Crippen LogP) is 4.95. The summed E-state index contributed by atoms with van der Waals surface area (Å²) in [5.41, 5.74) is 5.90. The topological polar surface area (TPSA) is 157 Å². The normalized spacial score (nSPS) is 15.4. The van der Waals surface area contributed by atoms with Crippen LogP contribution in [-0.4, -0.2) is 57.2 Å². The Morgan fingerprint density at radius 3 is 2.36 bits per heavy atom. The number of nitrogens with two attached hydrogens (primary N) is 1. The van der Waals surface area contributed by atoms with Gasteiger partial charge in [-0.05, 0) is 86.3 Å². The Labute approximate surface area is 259 Å². The maximum Gasteiger partial charge on any atom is 0.411 e. The average molecular weight is 645 g/mol. The molecule has 0 aromatic heterocycles. The van der Waals surface area contributed by atoms with Crippen LogP contribution in [0.25, 0.3) is 0 Å². The second-order valence-electron chi connectivity index (χ2n) is 10.7. The van der Waals surface area contributed by atoms with E-state index in [2.05, 4.69) is 15.4 Å². The summed E-state index contributed by atoms with van der Waals surface area (Å²) >= 11 is 0. The van der Waals surface area contributed by atoms with Gasteiger partial charge in [0.15, 0.2) is 21.4 Å². The highest BCUT2D eigenvalue weighted by Gasteiger charge is 2.38. The van der Waals surface area contributed by atoms with Crippen molar-refractivity contribution in [2.75, 3.05) is 31.4 Å². The monoisotopic (exact) mass is 644 g/mol. The minimum absolute atomic E-state index is 0.00854. The Bertz CT molecular complexity index is 1730. The summed E-state index contributed by atoms with van der Waals surface area (Å²) in [6.07, 6.45) is 0.102. The number of benzene rings is 3. The summed E-state index contributed by atoms with van der Waals surface area (Å²) in [6, 6.07) is 9.31. The van der Waals surface area contributed by atoms with Crippen LogP contribution in [0.15, 0.2) is 59.5 Å². The van der Waals surface area contributed by atoms with Gasteiger partial charge in [0.2, 0.25) is 11.8 Å². The number of amides is 3. The quantitative estimate of drug-likeness (QED) is 0.280. The number of likely N-dealkylation sites (tertiary alicyclic amines) is 1. The van der Waals surface area contributed by atoms with E-state index in [0.717, 1.165) is 18.2 Å². The molecule has 3 amide bonds. The van der Waals surface area contributed by atoms with E-state index in [-0.39, 0.29) is 45.3 Å². The number of carbonyl (C=O) groups excluding carboxylic acids is 3. The number of nitrogens with zero attached hydrogens (tertiary/aromatic N) is 1. The fourth-order valence-corrected chi connectivity index (χ4v) is 6.47. The standard InChI is InChI=1S/C31H34F2N4O7S/c1-17(2)45(41,42)27-12-9-20(35-31(40)44-4)16-21(27)25-6-5-13-37(25)30(39)28(18-7-11-23(33)26(15-18)43-3)36-24-14-19(29(34)38)8-10-22(24)32/h7-12,14-17,25,28,36H,5-6,13H2,1-4H3,(H2,34,38)(H,35,40)/t25?,28-/m1/s1. The van der Waals surface area contributed by atoms with Crippen molar-refractivity contribution >= 4 is 39.1 Å². The number of carbonyl (C=O) groups is 3. The number of hydrogen-bond donors (Lipinski definition) is 3. The van der Waals surface area contributed by atoms with Gasteiger partial charge in [-0.3, -0.25) is 14.9 Å². The molecule has 11 nitrogen and oxygen atoms in total. The van der Waals surface area contributed by atoms with Crippen LogP contribution in [0.4, 0.5) is 25.0 Å². The predicted molar refractivity (Wildman–Crippen MR) is 163 cm³/mol. The lowest BCUT2D eigenvalue weighted by Crippen LogP contribution is -2.38. The van der Waals surface area contributed by atoms with E-state index in [1.54, 1.807) is 0 Å². The van der Waals surface area contributed by atoms with E-state index in [4.69, 9.17) is 10.5 Å². The van der Waals surface area contributed by atoms with Crippen molar-refractivity contribution in [3.05, 3.63) is 82.9 Å². The lowest BCUT2D eigenvalue weighted by molar-refractivity contribution is -0.133. The molecule has 0 saturated carbocycles. The first-order valence-corrected chi connectivity index (χ1v) is 15.6. The van der Waals surface area contributed by atoms with E-state index in [1.165, 1.54) is 69.4 Å². The molecule has 0 radical (unpaired) electrons. The minimum atomic E-state index is -3.85. The van der Waals surface area contributed by atoms with Gasteiger partial charge in [0.25, 0.3) is 0 Å². The molecule has 1 aliphatic heterocycles. The molecule has 1 fully saturated rings. The first-order chi connectivity index (χ1) is 21.3. The number of ether oxygens (including phenoxy) is 2. The molecule has 1 aliphatic rings. The van der Waals surface area contributed by atoms with E-state index in [0.29, 0.717) is 12.8 Å². The van der Waals surface area contributed by atoms with Crippen molar-refractivity contribution in [3.8, 4) is 5.75 Å². The van der Waals surface area contributed by atoms with Gasteiger partial charge >= 0.3 is 6.09 Å². The highest BCUT2D eigenvalue weighted by Crippen LogP contribution is 2.40. The largest absolute Gasteiger partial charge is 0.494 e. The molecular weight excluding hydrogens is 610 g/mol. The lowest BCUT2D eigenvalue weighted by atomic mass is 10.0. The van der Waals surface area contributed by atoms with Crippen LogP contribution in [0.2, 0.25) is 0 Å². The zero-order valence-electron chi connectivity index (χ0n) is 25.1. The molecular formula is C31H34F2N4O7S. The maximum atomic E-state index is 15.0. The molecule has 4 rings (SSSR count). The fourth-order valence-electron chi connectivity index (χ4n) is 5.18. The molecule has 14 heteroatoms. The van der Waals surface area contributed by atoms with Crippen molar-refractivity contribution in [2.24, 2.45) is 5.73 Å². The lowest BCUT2D eigenvalue weighted by Gasteiger charge is -2.32. The first-order valence-electron chi connectivity index (χ1n) is 14.0. The van der Waals surface area contributed by atoms with Crippen LogP contribution in [0.3, 0.4) is 0 Å². The Morgan fingerprint density at radius 1 is 1.00 bits per heavy atom. The van der Waals surface area contributed by atoms with Gasteiger partial charge in [0.1, 0.15) is 11.9 Å². The molecule has 3 aromatic rings. The molecule has 240 valence electrons. The van der Waals surface area contributed by atoms with Crippen molar-refractivity contribution in [1.29, 1.82) is 0 Å². The number of rotatable bonds is 10. The van der Waals surface area contributed by atoms with E-state index >= 15 is 4.39 Å². The Kier molecular flexibility index (Phi) is 9.96. The summed E-state index contributed by atoms with van der Waals surface area (Å²) in [4.78, 5) is 39.6. The number of nitrogens with one attached hydrogen (secondary N) is 2. The molecule has 1 heterocycles. The first kappa shape index (κ1) is 33.2. The van der Waals surface area contributed by atoms with Crippen molar-refractivity contribution in [3.63, 3.8) is 0 Å². The molecule has 0 aliphatic carbocycles.